The van der Waals surface area contributed by atoms with Gasteiger partial charge in [0.2, 0.25) is 0 Å². The number of pyridine rings is 1. The predicted molar refractivity (Wildman–Crippen MR) is 81.2 cm³/mol. The summed E-state index contributed by atoms with van der Waals surface area (Å²) in [6, 6.07) is 8.87. The fourth-order valence-electron chi connectivity index (χ4n) is 2.39. The average molecular weight is 282 g/mol. The molecule has 0 aliphatic heterocycles. The summed E-state index contributed by atoms with van der Waals surface area (Å²) < 4.78 is 1.79. The summed E-state index contributed by atoms with van der Waals surface area (Å²) in [4.78, 5) is 15.2. The summed E-state index contributed by atoms with van der Waals surface area (Å²) in [6.45, 7) is 3.65. The van der Waals surface area contributed by atoms with Gasteiger partial charge in [0.1, 0.15) is 17.2 Å². The highest BCUT2D eigenvalue weighted by Crippen LogP contribution is 2.31. The van der Waals surface area contributed by atoms with Crippen LogP contribution in [-0.2, 0) is 0 Å². The molecule has 0 saturated carbocycles. The molecule has 0 aliphatic rings. The van der Waals surface area contributed by atoms with E-state index in [1.165, 1.54) is 6.07 Å². The Morgan fingerprint density at radius 2 is 2.00 bits per heavy atom. The number of nitro groups is 1. The van der Waals surface area contributed by atoms with E-state index in [2.05, 4.69) is 4.98 Å². The number of imidazole rings is 1. The van der Waals surface area contributed by atoms with Gasteiger partial charge in [0.05, 0.1) is 4.92 Å². The molecule has 0 fully saturated rings. The normalized spacial score (nSPS) is 11.0. The van der Waals surface area contributed by atoms with Crippen molar-refractivity contribution < 1.29 is 4.92 Å². The van der Waals surface area contributed by atoms with Crippen molar-refractivity contribution in [1.82, 2.24) is 9.38 Å². The van der Waals surface area contributed by atoms with E-state index in [0.717, 1.165) is 11.2 Å². The summed E-state index contributed by atoms with van der Waals surface area (Å²) in [7, 11) is 0. The summed E-state index contributed by atoms with van der Waals surface area (Å²) in [5, 5.41) is 11.1. The van der Waals surface area contributed by atoms with Crippen molar-refractivity contribution >= 4 is 17.2 Å². The lowest BCUT2D eigenvalue weighted by Gasteiger charge is -2.02. The van der Waals surface area contributed by atoms with Gasteiger partial charge in [-0.1, -0.05) is 18.2 Å². The van der Waals surface area contributed by atoms with Crippen LogP contribution in [0.25, 0.3) is 16.9 Å². The molecule has 0 unspecified atom stereocenters. The van der Waals surface area contributed by atoms with Crippen molar-refractivity contribution in [2.75, 3.05) is 5.73 Å². The number of benzene rings is 1. The van der Waals surface area contributed by atoms with E-state index >= 15 is 0 Å². The van der Waals surface area contributed by atoms with E-state index in [4.69, 9.17) is 5.73 Å². The zero-order valence-corrected chi connectivity index (χ0v) is 11.7. The zero-order chi connectivity index (χ0) is 15.1. The van der Waals surface area contributed by atoms with Crippen molar-refractivity contribution in [2.45, 2.75) is 13.8 Å². The number of aryl methyl sites for hydroxylation is 2. The minimum absolute atomic E-state index is 0.0701. The summed E-state index contributed by atoms with van der Waals surface area (Å²) in [5.41, 5.74) is 9.78. The Morgan fingerprint density at radius 1 is 1.24 bits per heavy atom. The van der Waals surface area contributed by atoms with E-state index in [1.807, 2.05) is 25.3 Å². The van der Waals surface area contributed by atoms with Crippen LogP contribution in [0, 0.1) is 24.0 Å². The van der Waals surface area contributed by atoms with Crippen molar-refractivity contribution in [3.05, 3.63) is 57.8 Å². The van der Waals surface area contributed by atoms with E-state index < -0.39 is 4.92 Å². The predicted octanol–water partition coefficient (Wildman–Crippen LogP) is 3.11. The molecule has 21 heavy (non-hydrogen) atoms. The minimum atomic E-state index is -0.393. The zero-order valence-electron chi connectivity index (χ0n) is 11.7. The summed E-state index contributed by atoms with van der Waals surface area (Å²) >= 11 is 0. The van der Waals surface area contributed by atoms with Gasteiger partial charge < -0.3 is 5.73 Å². The number of hydrogen-bond acceptors (Lipinski definition) is 4. The molecule has 2 N–H and O–H groups in total. The first-order chi connectivity index (χ1) is 9.99. The maximum Gasteiger partial charge on any atom is 0.272 e. The fraction of sp³-hybridized carbons (Fsp3) is 0.133. The number of anilines is 1. The van der Waals surface area contributed by atoms with Crippen LogP contribution in [-0.4, -0.2) is 14.3 Å². The number of nitrogen functional groups attached to an aromatic ring is 1. The maximum atomic E-state index is 11.1. The third-order valence-corrected chi connectivity index (χ3v) is 3.56. The van der Waals surface area contributed by atoms with Crippen LogP contribution in [0.3, 0.4) is 0 Å². The molecule has 0 spiro atoms. The minimum Gasteiger partial charge on any atom is -0.383 e. The first kappa shape index (κ1) is 13.1. The van der Waals surface area contributed by atoms with Crippen molar-refractivity contribution in [3.8, 4) is 11.3 Å². The van der Waals surface area contributed by atoms with E-state index in [9.17, 15) is 10.1 Å². The second kappa shape index (κ2) is 4.59. The molecule has 0 amide bonds. The second-order valence-corrected chi connectivity index (χ2v) is 4.99. The third kappa shape index (κ3) is 2.01. The molecule has 3 rings (SSSR count). The summed E-state index contributed by atoms with van der Waals surface area (Å²) in [6.07, 6.45) is 1.83. The number of nitrogens with two attached hydrogens (primary N) is 1. The Hall–Kier alpha value is -2.89. The Bertz CT molecular complexity index is 867. The first-order valence-corrected chi connectivity index (χ1v) is 6.47. The van der Waals surface area contributed by atoms with Gasteiger partial charge >= 0.3 is 0 Å². The highest BCUT2D eigenvalue weighted by molar-refractivity contribution is 5.77. The van der Waals surface area contributed by atoms with Gasteiger partial charge in [0.15, 0.2) is 0 Å². The highest BCUT2D eigenvalue weighted by Gasteiger charge is 2.17. The fourth-order valence-corrected chi connectivity index (χ4v) is 2.39. The van der Waals surface area contributed by atoms with E-state index in [-0.39, 0.29) is 5.69 Å². The monoisotopic (exact) mass is 282 g/mol. The standard InChI is InChI=1S/C15H14N4O2/c1-9-5-6-11(8-12(9)19(20)21)13-14(16)18-7-3-4-10(2)15(18)17-13/h3-8H,16H2,1-2H3. The van der Waals surface area contributed by atoms with E-state index in [0.29, 0.717) is 22.6 Å². The Kier molecular flexibility index (Phi) is 2.86. The van der Waals surface area contributed by atoms with E-state index in [1.54, 1.807) is 23.5 Å². The van der Waals surface area contributed by atoms with Gasteiger partial charge in [-0.25, -0.2) is 4.98 Å². The number of fused-ring (bicyclic) bond motifs is 1. The SMILES string of the molecule is Cc1ccc(-c2nc3c(C)cccn3c2N)cc1[N+](=O)[O-]. The van der Waals surface area contributed by atoms with Crippen molar-refractivity contribution in [2.24, 2.45) is 0 Å². The molecule has 106 valence electrons. The lowest BCUT2D eigenvalue weighted by atomic mass is 10.1. The van der Waals surface area contributed by atoms with Gasteiger partial charge in [0.25, 0.3) is 5.69 Å². The quantitative estimate of drug-likeness (QED) is 0.578. The van der Waals surface area contributed by atoms with Crippen LogP contribution in [0.5, 0.6) is 0 Å². The Balaban J connectivity index is 2.26. The van der Waals surface area contributed by atoms with Gasteiger partial charge in [0, 0.05) is 23.4 Å². The van der Waals surface area contributed by atoms with Gasteiger partial charge in [-0.05, 0) is 25.5 Å². The average Bonchev–Trinajstić information content (AvgIpc) is 2.78. The molecule has 0 radical (unpaired) electrons. The number of aromatic nitrogens is 2. The maximum absolute atomic E-state index is 11.1. The first-order valence-electron chi connectivity index (χ1n) is 6.47. The Morgan fingerprint density at radius 3 is 2.67 bits per heavy atom. The third-order valence-electron chi connectivity index (χ3n) is 3.56. The van der Waals surface area contributed by atoms with Gasteiger partial charge in [-0.3, -0.25) is 14.5 Å². The van der Waals surface area contributed by atoms with Crippen LogP contribution in [0.1, 0.15) is 11.1 Å². The molecule has 1 aromatic carbocycles. The molecular weight excluding hydrogens is 268 g/mol. The van der Waals surface area contributed by atoms with Crippen LogP contribution in [0.15, 0.2) is 36.5 Å². The molecule has 3 aromatic rings. The second-order valence-electron chi connectivity index (χ2n) is 4.99. The number of nitrogens with zero attached hydrogens (tertiary/aromatic N) is 3. The molecular formula is C15H14N4O2. The van der Waals surface area contributed by atoms with Crippen LogP contribution in [0.2, 0.25) is 0 Å². The lowest BCUT2D eigenvalue weighted by Crippen LogP contribution is -1.95. The smallest absolute Gasteiger partial charge is 0.272 e. The number of hydrogen-bond donors (Lipinski definition) is 1. The molecule has 0 bridgehead atoms. The van der Waals surface area contributed by atoms with Gasteiger partial charge in [-0.15, -0.1) is 0 Å². The number of rotatable bonds is 2. The topological polar surface area (TPSA) is 86.5 Å². The molecule has 6 nitrogen and oxygen atoms in total. The van der Waals surface area contributed by atoms with Gasteiger partial charge in [-0.2, -0.15) is 0 Å². The molecule has 0 aliphatic carbocycles. The van der Waals surface area contributed by atoms with Crippen molar-refractivity contribution in [3.63, 3.8) is 0 Å². The molecule has 2 heterocycles. The van der Waals surface area contributed by atoms with Crippen LogP contribution >= 0.6 is 0 Å². The largest absolute Gasteiger partial charge is 0.383 e. The Labute approximate surface area is 121 Å². The highest BCUT2D eigenvalue weighted by atomic mass is 16.6. The molecule has 0 saturated heterocycles. The lowest BCUT2D eigenvalue weighted by molar-refractivity contribution is -0.385. The number of nitro benzene ring substituents is 1. The molecule has 0 atom stereocenters. The molecule has 6 heteroatoms. The van der Waals surface area contributed by atoms with Crippen LogP contribution < -0.4 is 5.73 Å². The molecule has 2 aromatic heterocycles. The van der Waals surface area contributed by atoms with Crippen LogP contribution in [0.4, 0.5) is 11.5 Å². The van der Waals surface area contributed by atoms with Crippen molar-refractivity contribution in [1.29, 1.82) is 0 Å². The summed E-state index contributed by atoms with van der Waals surface area (Å²) in [5.74, 6) is 0.479.